The van der Waals surface area contributed by atoms with E-state index in [1.165, 1.54) is 0 Å². The Labute approximate surface area is 151 Å². The smallest absolute Gasteiger partial charge is 0.162 e. The lowest BCUT2D eigenvalue weighted by Crippen LogP contribution is -2.00. The number of halogens is 3. The van der Waals surface area contributed by atoms with E-state index in [0.717, 1.165) is 37.1 Å². The Balaban J connectivity index is 2.02. The van der Waals surface area contributed by atoms with Crippen molar-refractivity contribution in [2.24, 2.45) is 0 Å². The van der Waals surface area contributed by atoms with E-state index in [-0.39, 0.29) is 5.38 Å². The lowest BCUT2D eigenvalue weighted by atomic mass is 10.0. The van der Waals surface area contributed by atoms with Crippen molar-refractivity contribution in [3.63, 3.8) is 0 Å². The number of rotatable bonds is 2. The summed E-state index contributed by atoms with van der Waals surface area (Å²) in [6.45, 7) is 1.35. The Morgan fingerprint density at radius 1 is 1.05 bits per heavy atom. The number of hydrogen-bond donors (Lipinski definition) is 0. The third kappa shape index (κ3) is 3.32. The molecule has 0 saturated heterocycles. The molecule has 1 unspecified atom stereocenters. The minimum absolute atomic E-state index is 0.232. The zero-order valence-corrected chi connectivity index (χ0v) is 15.6. The summed E-state index contributed by atoms with van der Waals surface area (Å²) >= 11 is 12.6. The summed E-state index contributed by atoms with van der Waals surface area (Å²) in [5, 5.41) is -0.232. The zero-order chi connectivity index (χ0) is 14.8. The van der Waals surface area contributed by atoms with Crippen LogP contribution >= 0.6 is 50.1 Å². The molecule has 1 heterocycles. The number of hydrogen-bond acceptors (Lipinski definition) is 2. The topological polar surface area (TPSA) is 18.5 Å². The van der Waals surface area contributed by atoms with Gasteiger partial charge in [0.1, 0.15) is 0 Å². The highest BCUT2D eigenvalue weighted by Gasteiger charge is 2.20. The highest BCUT2D eigenvalue weighted by Crippen LogP contribution is 2.42. The molecule has 2 aromatic rings. The van der Waals surface area contributed by atoms with Crippen LogP contribution in [0.2, 0.25) is 0 Å². The largest absolute Gasteiger partial charge is 0.490 e. The summed E-state index contributed by atoms with van der Waals surface area (Å²) in [6.07, 6.45) is 0.891. The van der Waals surface area contributed by atoms with Crippen LogP contribution < -0.4 is 9.47 Å². The molecule has 0 N–H and O–H groups in total. The van der Waals surface area contributed by atoms with Gasteiger partial charge in [-0.25, -0.2) is 0 Å². The van der Waals surface area contributed by atoms with Gasteiger partial charge in [0.2, 0.25) is 0 Å². The highest BCUT2D eigenvalue weighted by molar-refractivity contribution is 14.1. The van der Waals surface area contributed by atoms with Crippen molar-refractivity contribution in [3.8, 4) is 11.5 Å². The summed E-state index contributed by atoms with van der Waals surface area (Å²) in [6, 6.07) is 12.0. The predicted octanol–water partition coefficient (Wildman–Crippen LogP) is 5.54. The van der Waals surface area contributed by atoms with Gasteiger partial charge >= 0.3 is 0 Å². The van der Waals surface area contributed by atoms with E-state index >= 15 is 0 Å². The predicted molar refractivity (Wildman–Crippen MR) is 96.6 cm³/mol. The van der Waals surface area contributed by atoms with E-state index in [2.05, 4.69) is 50.7 Å². The Bertz CT molecular complexity index is 663. The number of fused-ring (bicyclic) bond motifs is 1. The van der Waals surface area contributed by atoms with E-state index in [9.17, 15) is 0 Å². The van der Waals surface area contributed by atoms with Crippen LogP contribution in [-0.2, 0) is 0 Å². The van der Waals surface area contributed by atoms with Crippen molar-refractivity contribution < 1.29 is 9.47 Å². The van der Waals surface area contributed by atoms with E-state index in [4.69, 9.17) is 21.1 Å². The molecule has 1 aliphatic rings. The summed E-state index contributed by atoms with van der Waals surface area (Å²) in [5.41, 5.74) is 2.08. The van der Waals surface area contributed by atoms with Gasteiger partial charge < -0.3 is 9.47 Å². The quantitative estimate of drug-likeness (QED) is 0.416. The average molecular weight is 480 g/mol. The van der Waals surface area contributed by atoms with Crippen LogP contribution in [0, 0.1) is 3.57 Å². The van der Waals surface area contributed by atoms with Crippen molar-refractivity contribution in [2.45, 2.75) is 11.8 Å². The summed E-state index contributed by atoms with van der Waals surface area (Å²) in [7, 11) is 0. The third-order valence-corrected chi connectivity index (χ3v) is 5.46. The van der Waals surface area contributed by atoms with Gasteiger partial charge in [0.15, 0.2) is 11.5 Å². The molecule has 1 atom stereocenters. The molecule has 0 bridgehead atoms. The van der Waals surface area contributed by atoms with Gasteiger partial charge in [-0.1, -0.05) is 34.1 Å². The van der Waals surface area contributed by atoms with Gasteiger partial charge in [-0.3, -0.25) is 0 Å². The molecule has 110 valence electrons. The van der Waals surface area contributed by atoms with Crippen LogP contribution in [0.15, 0.2) is 40.9 Å². The fraction of sp³-hybridized carbons (Fsp3) is 0.250. The second-order valence-electron chi connectivity index (χ2n) is 4.76. The molecule has 21 heavy (non-hydrogen) atoms. The maximum Gasteiger partial charge on any atom is 0.162 e. The van der Waals surface area contributed by atoms with Gasteiger partial charge in [0, 0.05) is 14.5 Å². The van der Waals surface area contributed by atoms with E-state index in [1.54, 1.807) is 0 Å². The highest BCUT2D eigenvalue weighted by atomic mass is 127. The maximum atomic E-state index is 6.69. The van der Waals surface area contributed by atoms with Gasteiger partial charge in [-0.05, 0) is 51.9 Å². The summed E-state index contributed by atoms with van der Waals surface area (Å²) in [4.78, 5) is 0. The molecule has 2 nitrogen and oxygen atoms in total. The first-order chi connectivity index (χ1) is 10.2. The minimum atomic E-state index is -0.232. The lowest BCUT2D eigenvalue weighted by molar-refractivity contribution is 0.297. The van der Waals surface area contributed by atoms with Crippen LogP contribution in [0.1, 0.15) is 22.9 Å². The Morgan fingerprint density at radius 2 is 1.71 bits per heavy atom. The monoisotopic (exact) mass is 478 g/mol. The second kappa shape index (κ2) is 6.75. The van der Waals surface area contributed by atoms with Crippen molar-refractivity contribution in [3.05, 3.63) is 55.6 Å². The molecule has 0 aliphatic carbocycles. The van der Waals surface area contributed by atoms with Crippen LogP contribution in [-0.4, -0.2) is 13.2 Å². The van der Waals surface area contributed by atoms with E-state index < -0.39 is 0 Å². The maximum absolute atomic E-state index is 6.69. The first kappa shape index (κ1) is 15.4. The molecule has 2 aromatic carbocycles. The molecule has 0 amide bonds. The Morgan fingerprint density at radius 3 is 2.43 bits per heavy atom. The first-order valence-corrected chi connectivity index (χ1v) is 8.95. The van der Waals surface area contributed by atoms with Gasteiger partial charge in [0.25, 0.3) is 0 Å². The summed E-state index contributed by atoms with van der Waals surface area (Å²) in [5.74, 6) is 1.54. The van der Waals surface area contributed by atoms with Crippen molar-refractivity contribution >= 4 is 50.1 Å². The molecule has 0 radical (unpaired) electrons. The van der Waals surface area contributed by atoms with Gasteiger partial charge in [0.05, 0.1) is 18.6 Å². The SMILES string of the molecule is ClC(c1cc2c(cc1Br)OCCCO2)c1ccccc1I. The van der Waals surface area contributed by atoms with Gasteiger partial charge in [-0.2, -0.15) is 0 Å². The molecule has 0 spiro atoms. The van der Waals surface area contributed by atoms with Crippen molar-refractivity contribution in [1.29, 1.82) is 0 Å². The molecule has 5 heteroatoms. The molecular formula is C16H13BrClIO2. The fourth-order valence-corrected chi connectivity index (χ4v) is 4.18. The molecule has 0 saturated carbocycles. The van der Waals surface area contributed by atoms with Crippen LogP contribution in [0.3, 0.4) is 0 Å². The number of ether oxygens (including phenoxy) is 2. The van der Waals surface area contributed by atoms with Crippen molar-refractivity contribution in [2.75, 3.05) is 13.2 Å². The number of benzene rings is 2. The van der Waals surface area contributed by atoms with E-state index in [0.29, 0.717) is 13.2 Å². The Kier molecular flexibility index (Phi) is 4.96. The zero-order valence-electron chi connectivity index (χ0n) is 11.1. The third-order valence-electron chi connectivity index (χ3n) is 3.32. The van der Waals surface area contributed by atoms with E-state index in [1.807, 2.05) is 24.3 Å². The number of alkyl halides is 1. The first-order valence-electron chi connectivity index (χ1n) is 6.64. The normalized spacial score (nSPS) is 15.4. The lowest BCUT2D eigenvalue weighted by Gasteiger charge is -2.17. The standard InChI is InChI=1S/C16H13BrClIO2/c17-12-9-15-14(20-6-3-7-21-15)8-11(12)16(18)10-4-1-2-5-13(10)19/h1-2,4-5,8-9,16H,3,6-7H2. The average Bonchev–Trinajstić information content (AvgIpc) is 2.71. The van der Waals surface area contributed by atoms with Crippen LogP contribution in [0.5, 0.6) is 11.5 Å². The van der Waals surface area contributed by atoms with Crippen molar-refractivity contribution in [1.82, 2.24) is 0 Å². The molecular weight excluding hydrogens is 466 g/mol. The Hall–Kier alpha value is -0.460. The van der Waals surface area contributed by atoms with Crippen LogP contribution in [0.25, 0.3) is 0 Å². The van der Waals surface area contributed by atoms with Crippen LogP contribution in [0.4, 0.5) is 0 Å². The molecule has 0 fully saturated rings. The molecule has 0 aromatic heterocycles. The molecule has 1 aliphatic heterocycles. The summed E-state index contributed by atoms with van der Waals surface area (Å²) < 4.78 is 13.5. The second-order valence-corrected chi connectivity index (χ2v) is 7.21. The molecule has 3 rings (SSSR count). The minimum Gasteiger partial charge on any atom is -0.490 e. The fourth-order valence-electron chi connectivity index (χ4n) is 2.24. The van der Waals surface area contributed by atoms with Gasteiger partial charge in [-0.15, -0.1) is 11.6 Å².